The molecule has 0 aromatic carbocycles. The van der Waals surface area contributed by atoms with Crippen LogP contribution in [0, 0.1) is 11.8 Å². The number of pyridine rings is 1. The van der Waals surface area contributed by atoms with Crippen molar-refractivity contribution in [3.05, 3.63) is 52.1 Å². The number of carbonyl (C=O) groups is 1. The number of H-pyrrole nitrogens is 1. The van der Waals surface area contributed by atoms with E-state index < -0.39 is 5.91 Å². The lowest BCUT2D eigenvalue weighted by molar-refractivity contribution is 0.102. The third-order valence-electron chi connectivity index (χ3n) is 2.23. The third-order valence-corrected chi connectivity index (χ3v) is 2.23. The average molecular weight is 270 g/mol. The molecule has 2 rings (SSSR count). The van der Waals surface area contributed by atoms with Crippen molar-refractivity contribution in [3.8, 4) is 11.8 Å². The summed E-state index contributed by atoms with van der Waals surface area (Å²) in [5.41, 5.74) is 0.454. The lowest BCUT2D eigenvalue weighted by Crippen LogP contribution is -2.16. The first-order chi connectivity index (χ1) is 9.69. The van der Waals surface area contributed by atoms with Gasteiger partial charge in [0.15, 0.2) is 5.82 Å². The normalized spacial score (nSPS) is 9.45. The quantitative estimate of drug-likeness (QED) is 0.653. The summed E-state index contributed by atoms with van der Waals surface area (Å²) >= 11 is 0. The first-order valence-corrected chi connectivity index (χ1v) is 5.61. The van der Waals surface area contributed by atoms with E-state index in [-0.39, 0.29) is 18.0 Å². The summed E-state index contributed by atoms with van der Waals surface area (Å²) < 4.78 is 0. The first kappa shape index (κ1) is 13.5. The molecule has 0 saturated heterocycles. The zero-order chi connectivity index (χ0) is 14.4. The van der Waals surface area contributed by atoms with Crippen LogP contribution >= 0.6 is 0 Å². The number of aromatic amines is 1. The number of carbonyl (C=O) groups excluding carboxylic acids is 1. The molecule has 0 saturated carbocycles. The topological polar surface area (TPSA) is 108 Å². The lowest BCUT2D eigenvalue weighted by Gasteiger charge is -2.03. The van der Waals surface area contributed by atoms with Crippen molar-refractivity contribution in [2.24, 2.45) is 0 Å². The van der Waals surface area contributed by atoms with Crippen LogP contribution in [-0.2, 0) is 0 Å². The van der Waals surface area contributed by atoms with Gasteiger partial charge in [-0.15, -0.1) is 0 Å². The molecule has 1 amide bonds. The molecule has 0 fully saturated rings. The SMILES string of the molecule is O=C(Nc1ccc(=O)[nH]n1)c1cncc(C#CCO)c1. The van der Waals surface area contributed by atoms with Crippen LogP contribution in [0.4, 0.5) is 5.82 Å². The summed E-state index contributed by atoms with van der Waals surface area (Å²) in [6.07, 6.45) is 2.86. The highest BCUT2D eigenvalue weighted by atomic mass is 16.2. The minimum Gasteiger partial charge on any atom is -0.384 e. The van der Waals surface area contributed by atoms with E-state index in [9.17, 15) is 9.59 Å². The molecule has 0 aliphatic heterocycles. The number of hydrogen-bond acceptors (Lipinski definition) is 5. The van der Waals surface area contributed by atoms with Gasteiger partial charge in [-0.2, -0.15) is 5.10 Å². The fraction of sp³-hybridized carbons (Fsp3) is 0.0769. The summed E-state index contributed by atoms with van der Waals surface area (Å²) in [6, 6.07) is 4.18. The summed E-state index contributed by atoms with van der Waals surface area (Å²) in [4.78, 5) is 26.7. The van der Waals surface area contributed by atoms with Gasteiger partial charge in [0.25, 0.3) is 11.5 Å². The molecule has 0 spiro atoms. The Kier molecular flexibility index (Phi) is 4.21. The Morgan fingerprint density at radius 2 is 2.25 bits per heavy atom. The van der Waals surface area contributed by atoms with E-state index >= 15 is 0 Å². The van der Waals surface area contributed by atoms with Crippen molar-refractivity contribution < 1.29 is 9.90 Å². The van der Waals surface area contributed by atoms with Crippen molar-refractivity contribution in [2.45, 2.75) is 0 Å². The zero-order valence-corrected chi connectivity index (χ0v) is 10.3. The largest absolute Gasteiger partial charge is 0.384 e. The van der Waals surface area contributed by atoms with E-state index in [1.807, 2.05) is 0 Å². The highest BCUT2D eigenvalue weighted by Gasteiger charge is 2.07. The second-order valence-electron chi connectivity index (χ2n) is 3.68. The molecule has 0 unspecified atom stereocenters. The third kappa shape index (κ3) is 3.51. The molecular formula is C13H10N4O3. The van der Waals surface area contributed by atoms with Gasteiger partial charge in [-0.3, -0.25) is 14.6 Å². The van der Waals surface area contributed by atoms with Gasteiger partial charge in [0.05, 0.1) is 5.56 Å². The molecule has 0 bridgehead atoms. The molecule has 0 aliphatic rings. The highest BCUT2D eigenvalue weighted by Crippen LogP contribution is 2.05. The fourth-order valence-electron chi connectivity index (χ4n) is 1.38. The lowest BCUT2D eigenvalue weighted by atomic mass is 10.2. The monoisotopic (exact) mass is 270 g/mol. The maximum Gasteiger partial charge on any atom is 0.264 e. The van der Waals surface area contributed by atoms with Gasteiger partial charge in [0.2, 0.25) is 0 Å². The number of nitrogens with zero attached hydrogens (tertiary/aromatic N) is 2. The van der Waals surface area contributed by atoms with Crippen LogP contribution in [0.3, 0.4) is 0 Å². The van der Waals surface area contributed by atoms with E-state index in [4.69, 9.17) is 5.11 Å². The number of aromatic nitrogens is 3. The Bertz CT molecular complexity index is 723. The number of anilines is 1. The van der Waals surface area contributed by atoms with Gasteiger partial charge in [0.1, 0.15) is 6.61 Å². The number of rotatable bonds is 2. The molecular weight excluding hydrogens is 260 g/mol. The summed E-state index contributed by atoms with van der Waals surface area (Å²) in [5.74, 6) is 4.92. The number of hydrogen-bond donors (Lipinski definition) is 3. The van der Waals surface area contributed by atoms with E-state index in [1.54, 1.807) is 0 Å². The van der Waals surface area contributed by atoms with Crippen LogP contribution in [0.2, 0.25) is 0 Å². The fourth-order valence-corrected chi connectivity index (χ4v) is 1.38. The molecule has 20 heavy (non-hydrogen) atoms. The minimum absolute atomic E-state index is 0.224. The van der Waals surface area contributed by atoms with Gasteiger partial charge in [-0.25, -0.2) is 5.10 Å². The Morgan fingerprint density at radius 1 is 1.40 bits per heavy atom. The number of aliphatic hydroxyl groups is 1. The van der Waals surface area contributed by atoms with Gasteiger partial charge >= 0.3 is 0 Å². The molecule has 3 N–H and O–H groups in total. The number of nitrogens with one attached hydrogen (secondary N) is 2. The van der Waals surface area contributed by atoms with E-state index in [2.05, 4.69) is 32.3 Å². The van der Waals surface area contributed by atoms with Gasteiger partial charge in [-0.1, -0.05) is 11.8 Å². The molecule has 7 nitrogen and oxygen atoms in total. The van der Waals surface area contributed by atoms with E-state index in [1.165, 1.54) is 30.6 Å². The Balaban J connectivity index is 2.16. The molecule has 7 heteroatoms. The molecule has 2 heterocycles. The second-order valence-corrected chi connectivity index (χ2v) is 3.68. The number of amides is 1. The maximum absolute atomic E-state index is 11.9. The van der Waals surface area contributed by atoms with Gasteiger partial charge < -0.3 is 10.4 Å². The van der Waals surface area contributed by atoms with Crippen LogP contribution in [-0.4, -0.2) is 32.8 Å². The predicted octanol–water partition coefficient (Wildman–Crippen LogP) is -0.239. The maximum atomic E-state index is 11.9. The van der Waals surface area contributed by atoms with Crippen LogP contribution < -0.4 is 10.9 Å². The van der Waals surface area contributed by atoms with Crippen LogP contribution in [0.15, 0.2) is 35.4 Å². The Morgan fingerprint density at radius 3 is 2.95 bits per heavy atom. The molecule has 0 atom stereocenters. The van der Waals surface area contributed by atoms with Crippen molar-refractivity contribution >= 4 is 11.7 Å². The summed E-state index contributed by atoms with van der Waals surface area (Å²) in [7, 11) is 0. The highest BCUT2D eigenvalue weighted by molar-refractivity contribution is 6.03. The minimum atomic E-state index is -0.426. The van der Waals surface area contributed by atoms with E-state index in [0.717, 1.165) is 0 Å². The zero-order valence-electron chi connectivity index (χ0n) is 10.3. The molecule has 100 valence electrons. The molecule has 2 aromatic heterocycles. The summed E-state index contributed by atoms with van der Waals surface area (Å²) in [5, 5.41) is 17.0. The molecule has 0 radical (unpaired) electrons. The van der Waals surface area contributed by atoms with Crippen LogP contribution in [0.5, 0.6) is 0 Å². The van der Waals surface area contributed by atoms with Crippen molar-refractivity contribution in [1.82, 2.24) is 15.2 Å². The average Bonchev–Trinajstić information content (AvgIpc) is 2.48. The second kappa shape index (κ2) is 6.26. The standard InChI is InChI=1S/C13H10N4O3/c18-5-1-2-9-6-10(8-14-7-9)13(20)15-11-3-4-12(19)17-16-11/h3-4,6-8,18H,5H2,(H,17,19)(H,15,16,20). The number of aliphatic hydroxyl groups excluding tert-OH is 1. The van der Waals surface area contributed by atoms with Crippen molar-refractivity contribution in [3.63, 3.8) is 0 Å². The van der Waals surface area contributed by atoms with Gasteiger partial charge in [0, 0.05) is 24.0 Å². The Hall–Kier alpha value is -2.98. The smallest absolute Gasteiger partial charge is 0.264 e. The van der Waals surface area contributed by atoms with E-state index in [0.29, 0.717) is 11.1 Å². The van der Waals surface area contributed by atoms with Crippen LogP contribution in [0.25, 0.3) is 0 Å². The summed E-state index contributed by atoms with van der Waals surface area (Å²) in [6.45, 7) is -0.266. The van der Waals surface area contributed by atoms with Crippen molar-refractivity contribution in [1.29, 1.82) is 0 Å². The predicted molar refractivity (Wildman–Crippen MR) is 71.0 cm³/mol. The molecule has 2 aromatic rings. The van der Waals surface area contributed by atoms with Crippen molar-refractivity contribution in [2.75, 3.05) is 11.9 Å². The van der Waals surface area contributed by atoms with Gasteiger partial charge in [-0.05, 0) is 12.1 Å². The van der Waals surface area contributed by atoms with Crippen LogP contribution in [0.1, 0.15) is 15.9 Å². The first-order valence-electron chi connectivity index (χ1n) is 5.61. The Labute approximate surface area is 113 Å². The molecule has 0 aliphatic carbocycles.